The van der Waals surface area contributed by atoms with Gasteiger partial charge in [-0.05, 0) is 114 Å². The second-order valence-electron chi connectivity index (χ2n) is 32.3. The molecule has 9 aromatic rings. The van der Waals surface area contributed by atoms with Crippen LogP contribution in [0.3, 0.4) is 0 Å². The summed E-state index contributed by atoms with van der Waals surface area (Å²) in [5.41, 5.74) is 18.8. The molecule has 0 aliphatic carbocycles. The summed E-state index contributed by atoms with van der Waals surface area (Å²) in [4.78, 5) is 192. The zero-order valence-electron chi connectivity index (χ0n) is 71.7. The van der Waals surface area contributed by atoms with Crippen molar-refractivity contribution in [3.05, 3.63) is 270 Å². The summed E-state index contributed by atoms with van der Waals surface area (Å²) in [5, 5.41) is 20.7. The Morgan fingerprint density at radius 2 is 0.952 bits per heavy atom. The number of nitrogens with zero attached hydrogens (tertiary/aromatic N) is 1. The van der Waals surface area contributed by atoms with E-state index < -0.39 is 147 Å². The maximum atomic E-state index is 14.7. The molecular formula is C97H116N12O13S3. The van der Waals surface area contributed by atoms with Crippen LogP contribution in [0.2, 0.25) is 0 Å². The van der Waals surface area contributed by atoms with Gasteiger partial charge >= 0.3 is 0 Å². The summed E-state index contributed by atoms with van der Waals surface area (Å²) in [6, 6.07) is 62.0. The van der Waals surface area contributed by atoms with E-state index in [-0.39, 0.29) is 107 Å². The molecule has 0 aliphatic heterocycles. The lowest BCUT2D eigenvalue weighted by Gasteiger charge is -2.35. The van der Waals surface area contributed by atoms with Crippen LogP contribution in [-0.2, 0) is 84.7 Å². The summed E-state index contributed by atoms with van der Waals surface area (Å²) in [6.07, 6.45) is 5.63. The number of aromatic amines is 2. The number of imidazole rings is 1. The van der Waals surface area contributed by atoms with E-state index in [2.05, 4.69) is 52.2 Å². The molecule has 9 rings (SSSR count). The fourth-order valence-corrected chi connectivity index (χ4v) is 18.7. The number of ketones is 4. The van der Waals surface area contributed by atoms with Gasteiger partial charge in [-0.1, -0.05) is 228 Å². The van der Waals surface area contributed by atoms with E-state index >= 15 is 0 Å². The molecule has 1 unspecified atom stereocenters. The first-order valence-electron chi connectivity index (χ1n) is 42.5. The third-order valence-corrected chi connectivity index (χ3v) is 26.0. The Hall–Kier alpha value is -11.8. The Balaban J connectivity index is 0.840. The molecule has 7 aromatic carbocycles. The van der Waals surface area contributed by atoms with Crippen molar-refractivity contribution in [3.63, 3.8) is 0 Å². The summed E-state index contributed by atoms with van der Waals surface area (Å²) in [7, 11) is 0. The van der Waals surface area contributed by atoms with Gasteiger partial charge in [0.15, 0.2) is 23.1 Å². The van der Waals surface area contributed by atoms with Crippen molar-refractivity contribution in [3.8, 4) is 0 Å². The standard InChI is InChI=1S/C97H116N12O13S3/c1-63(2)49-82(86(113)53-66(91(99)118)46-48-123-6)109-93(120)68(51-76-57-100-62-105-76)52-77(110)58-104-94(121)79(64(3)4)55-84(111)65(5)106-92(119)67(50-69-56-102-80-42-26-25-41-78(69)80)54-85(112)81(44-45-87(98)114)107-88(115)43-27-28-47-101-95(122)83(108-90(117)61-125-97(73-35-19-10-20-36-73,74-37-21-11-22-38-74)75-39-23-12-24-40-75)59-103-89(116)60-124-96(70-29-13-7-14-30-70,71-31-15-8-16-32-71)72-33-17-9-18-34-72/h7-26,29-42,56-57,62-68,79,81-83,102H,27-28,43-55,58-61H2,1-6H3,(H2,98,114)(H2,99,118)(H,100,105)(H,101,122)(H,103,116)(H,104,121)(H,106,119)(H,107,115)(H,108,117)(H,109,120)/t65-,66+,67+,68+,79-,81-,82-,83?/m0/s1. The highest BCUT2D eigenvalue weighted by Gasteiger charge is 2.41. The third kappa shape index (κ3) is 28.6. The number of nitrogens with two attached hydrogens (primary N) is 2. The first kappa shape index (κ1) is 97.1. The minimum Gasteiger partial charge on any atom is -0.370 e. The average Bonchev–Trinajstić information content (AvgIpc) is 0.984. The van der Waals surface area contributed by atoms with Gasteiger partial charge in [-0.2, -0.15) is 11.8 Å². The van der Waals surface area contributed by atoms with E-state index in [1.807, 2.05) is 226 Å². The minimum absolute atomic E-state index is 0.00730. The number of nitrogens with one attached hydrogen (secondary N) is 9. The largest absolute Gasteiger partial charge is 0.370 e. The molecule has 0 saturated heterocycles. The van der Waals surface area contributed by atoms with Crippen LogP contribution in [0, 0.1) is 35.5 Å². The molecule has 2 heterocycles. The number of fused-ring (bicyclic) bond motifs is 1. The van der Waals surface area contributed by atoms with E-state index in [1.165, 1.54) is 48.5 Å². The summed E-state index contributed by atoms with van der Waals surface area (Å²) < 4.78 is -1.71. The molecule has 2 aromatic heterocycles. The normalized spacial score (nSPS) is 13.5. The highest BCUT2D eigenvalue weighted by atomic mass is 32.2. The quantitative estimate of drug-likeness (QED) is 0.0125. The summed E-state index contributed by atoms with van der Waals surface area (Å²) in [5.74, 6) is -11.3. The van der Waals surface area contributed by atoms with Crippen LogP contribution < -0.4 is 48.7 Å². The van der Waals surface area contributed by atoms with E-state index in [4.69, 9.17) is 11.5 Å². The molecule has 0 aliphatic rings. The lowest BCUT2D eigenvalue weighted by molar-refractivity contribution is -0.135. The van der Waals surface area contributed by atoms with E-state index in [1.54, 1.807) is 26.2 Å². The van der Waals surface area contributed by atoms with Gasteiger partial charge in [0.25, 0.3) is 0 Å². The molecule has 125 heavy (non-hydrogen) atoms. The lowest BCUT2D eigenvalue weighted by atomic mass is 9.84. The molecule has 0 radical (unpaired) electrons. The zero-order valence-corrected chi connectivity index (χ0v) is 74.2. The lowest BCUT2D eigenvalue weighted by Crippen LogP contribution is -2.53. The number of hydrogen-bond acceptors (Lipinski definition) is 17. The SMILES string of the molecule is CSCC[C@H](CC(=O)[C@H](CC(C)C)NC(=O)[C@@H](CC(=O)CNC(=O)[C@@H](CC(=O)[C@H](C)NC(=O)[C@@H](CC(=O)[C@H](CCC(N)=O)NC(=O)CCCCNC(=O)C(CNC(=O)CSC(c1ccccc1)(c1ccccc1)c1ccccc1)NC(=O)CSC(c1ccccc1)(c1ccccc1)c1ccccc1)Cc1c[nH]c2ccccc12)C(C)C)Cc1c[nH]cn1)C(N)=O. The van der Waals surface area contributed by atoms with Gasteiger partial charge in [0.1, 0.15) is 6.04 Å². The van der Waals surface area contributed by atoms with Crippen molar-refractivity contribution >= 4 is 122 Å². The Morgan fingerprint density at radius 1 is 0.456 bits per heavy atom. The van der Waals surface area contributed by atoms with E-state index in [0.29, 0.717) is 23.4 Å². The predicted molar refractivity (Wildman–Crippen MR) is 491 cm³/mol. The highest BCUT2D eigenvalue weighted by Crippen LogP contribution is 2.50. The number of hydrogen-bond donors (Lipinski definition) is 11. The number of rotatable bonds is 54. The summed E-state index contributed by atoms with van der Waals surface area (Å²) >= 11 is 4.33. The molecule has 9 amide bonds. The topological polar surface area (TPSA) is 403 Å². The van der Waals surface area contributed by atoms with E-state index in [9.17, 15) is 62.3 Å². The van der Waals surface area contributed by atoms with Gasteiger partial charge in [0, 0.05) is 99.1 Å². The number of primary amides is 2. The Morgan fingerprint density at radius 3 is 1.46 bits per heavy atom. The van der Waals surface area contributed by atoms with Gasteiger partial charge < -0.3 is 58.7 Å². The Bertz CT molecular complexity index is 4850. The van der Waals surface area contributed by atoms with Crippen molar-refractivity contribution in [2.75, 3.05) is 43.1 Å². The number of carbonyl (C=O) groups is 13. The number of aromatic nitrogens is 3. The number of thioether (sulfide) groups is 3. The van der Waals surface area contributed by atoms with Gasteiger partial charge in [0.05, 0.1) is 63.6 Å². The Kier molecular flexibility index (Phi) is 38.1. The fourth-order valence-electron chi connectivity index (χ4n) is 15.5. The molecule has 28 heteroatoms. The zero-order chi connectivity index (χ0) is 89.8. The van der Waals surface area contributed by atoms with Crippen molar-refractivity contribution in [2.45, 2.75) is 152 Å². The second-order valence-corrected chi connectivity index (χ2v) is 35.6. The molecule has 660 valence electrons. The molecule has 0 bridgehead atoms. The number of unbranched alkanes of at least 4 members (excludes halogenated alkanes) is 1. The number of Topliss-reactive ketones (excluding diaryl/α,β-unsaturated/α-hetero) is 4. The van der Waals surface area contributed by atoms with Gasteiger partial charge in [-0.15, -0.1) is 23.5 Å². The number of H-pyrrole nitrogens is 2. The molecule has 0 spiro atoms. The predicted octanol–water partition coefficient (Wildman–Crippen LogP) is 11.1. The third-order valence-electron chi connectivity index (χ3n) is 22.2. The molecule has 25 nitrogen and oxygen atoms in total. The van der Waals surface area contributed by atoms with Crippen LogP contribution in [-0.4, -0.2) is 159 Å². The highest BCUT2D eigenvalue weighted by molar-refractivity contribution is 8.01. The van der Waals surface area contributed by atoms with Crippen molar-refractivity contribution < 1.29 is 62.3 Å². The first-order valence-corrected chi connectivity index (χ1v) is 45.9. The van der Waals surface area contributed by atoms with Crippen LogP contribution in [0.4, 0.5) is 0 Å². The molecule has 0 fully saturated rings. The van der Waals surface area contributed by atoms with Gasteiger partial charge in [-0.3, -0.25) is 62.3 Å². The average molecular weight is 1750 g/mol. The van der Waals surface area contributed by atoms with Crippen molar-refractivity contribution in [2.24, 2.45) is 47.0 Å². The molecular weight excluding hydrogens is 1640 g/mol. The first-order chi connectivity index (χ1) is 60.2. The molecule has 0 saturated carbocycles. The number of para-hydroxylation sites is 1. The maximum Gasteiger partial charge on any atom is 0.244 e. The van der Waals surface area contributed by atoms with Crippen molar-refractivity contribution in [1.82, 2.24) is 52.2 Å². The molecule has 8 atom stereocenters. The number of benzene rings is 7. The fraction of sp³-hybridized carbons (Fsp3) is 0.381. The monoisotopic (exact) mass is 1750 g/mol. The van der Waals surface area contributed by atoms with Crippen LogP contribution in [0.5, 0.6) is 0 Å². The van der Waals surface area contributed by atoms with Crippen LogP contribution in [0.1, 0.15) is 150 Å². The van der Waals surface area contributed by atoms with Crippen molar-refractivity contribution in [1.29, 1.82) is 0 Å². The minimum atomic E-state index is -1.30. The summed E-state index contributed by atoms with van der Waals surface area (Å²) in [6.45, 7) is 7.92. The van der Waals surface area contributed by atoms with Crippen LogP contribution in [0.25, 0.3) is 10.9 Å². The van der Waals surface area contributed by atoms with Gasteiger partial charge in [0.2, 0.25) is 53.2 Å². The number of amides is 9. The van der Waals surface area contributed by atoms with Crippen LogP contribution in [0.15, 0.2) is 225 Å². The second kappa shape index (κ2) is 49.1. The molecule has 13 N–H and O–H groups in total. The Labute approximate surface area is 743 Å². The smallest absolute Gasteiger partial charge is 0.244 e. The number of carbonyl (C=O) groups excluding carboxylic acids is 13. The van der Waals surface area contributed by atoms with Crippen LogP contribution >= 0.6 is 35.3 Å². The van der Waals surface area contributed by atoms with E-state index in [0.717, 1.165) is 44.3 Å². The van der Waals surface area contributed by atoms with Gasteiger partial charge in [-0.25, -0.2) is 4.98 Å². The maximum absolute atomic E-state index is 14.7.